The zero-order valence-electron chi connectivity index (χ0n) is 16.5. The lowest BCUT2D eigenvalue weighted by atomic mass is 10.1. The van der Waals surface area contributed by atoms with Gasteiger partial charge < -0.3 is 23.7 Å². The molecule has 0 saturated heterocycles. The number of furan rings is 1. The van der Waals surface area contributed by atoms with E-state index in [0.29, 0.717) is 50.8 Å². The molecule has 0 spiro atoms. The minimum Gasteiger partial charge on any atom is -0.493 e. The van der Waals surface area contributed by atoms with Gasteiger partial charge in [-0.2, -0.15) is 0 Å². The molecule has 0 radical (unpaired) electrons. The van der Waals surface area contributed by atoms with E-state index in [2.05, 4.69) is 9.97 Å². The molecule has 4 aromatic rings. The highest BCUT2D eigenvalue weighted by molar-refractivity contribution is 5.94. The SMILES string of the molecule is COc1cc(-c2cc3nccc(-c4cncc(C(=O)O)c4)c3o2)cc(OC)c1OC. The fraction of sp³-hybridized carbons (Fsp3) is 0.136. The number of pyridine rings is 2. The highest BCUT2D eigenvalue weighted by Crippen LogP contribution is 2.42. The smallest absolute Gasteiger partial charge is 0.337 e. The first-order valence-electron chi connectivity index (χ1n) is 8.93. The number of methoxy groups -OCH3 is 3. The van der Waals surface area contributed by atoms with Crippen molar-refractivity contribution in [3.8, 4) is 39.7 Å². The molecule has 1 aromatic carbocycles. The zero-order chi connectivity index (χ0) is 21.3. The number of nitrogens with zero attached hydrogens (tertiary/aromatic N) is 2. The summed E-state index contributed by atoms with van der Waals surface area (Å²) in [6, 6.07) is 8.67. The lowest BCUT2D eigenvalue weighted by Gasteiger charge is -2.13. The summed E-state index contributed by atoms with van der Waals surface area (Å²) < 4.78 is 22.3. The number of aromatic nitrogens is 2. The normalized spacial score (nSPS) is 10.8. The quantitative estimate of drug-likeness (QED) is 0.506. The molecular formula is C22H18N2O6. The molecule has 8 heteroatoms. The van der Waals surface area contributed by atoms with Gasteiger partial charge in [-0.1, -0.05) is 0 Å². The van der Waals surface area contributed by atoms with Gasteiger partial charge in [0, 0.05) is 41.3 Å². The number of ether oxygens (including phenoxy) is 3. The Morgan fingerprint density at radius 1 is 0.967 bits per heavy atom. The molecule has 8 nitrogen and oxygen atoms in total. The van der Waals surface area contributed by atoms with Crippen molar-refractivity contribution in [1.29, 1.82) is 0 Å². The number of hydrogen-bond acceptors (Lipinski definition) is 7. The van der Waals surface area contributed by atoms with Gasteiger partial charge in [-0.25, -0.2) is 4.79 Å². The summed E-state index contributed by atoms with van der Waals surface area (Å²) in [7, 11) is 4.63. The van der Waals surface area contributed by atoms with Crippen molar-refractivity contribution in [3.05, 3.63) is 54.5 Å². The Morgan fingerprint density at radius 2 is 1.70 bits per heavy atom. The highest BCUT2D eigenvalue weighted by Gasteiger charge is 2.18. The fourth-order valence-corrected chi connectivity index (χ4v) is 3.24. The number of rotatable bonds is 6. The van der Waals surface area contributed by atoms with Crippen LogP contribution in [0.15, 0.2) is 53.3 Å². The Hall–Kier alpha value is -4.07. The maximum absolute atomic E-state index is 11.3. The van der Waals surface area contributed by atoms with Crippen LogP contribution in [0.4, 0.5) is 0 Å². The van der Waals surface area contributed by atoms with Gasteiger partial charge in [-0.15, -0.1) is 0 Å². The molecule has 0 aliphatic carbocycles. The first-order valence-corrected chi connectivity index (χ1v) is 8.93. The van der Waals surface area contributed by atoms with Gasteiger partial charge in [-0.05, 0) is 24.3 Å². The summed E-state index contributed by atoms with van der Waals surface area (Å²) in [6.45, 7) is 0. The van der Waals surface area contributed by atoms with Crippen molar-refractivity contribution in [3.63, 3.8) is 0 Å². The van der Waals surface area contributed by atoms with E-state index >= 15 is 0 Å². The average molecular weight is 406 g/mol. The summed E-state index contributed by atoms with van der Waals surface area (Å²) in [4.78, 5) is 19.7. The number of carboxylic acid groups (broad SMARTS) is 1. The molecular weight excluding hydrogens is 388 g/mol. The van der Waals surface area contributed by atoms with Crippen LogP contribution in [0.1, 0.15) is 10.4 Å². The van der Waals surface area contributed by atoms with Crippen LogP contribution in [-0.4, -0.2) is 42.4 Å². The Balaban J connectivity index is 1.87. The molecule has 30 heavy (non-hydrogen) atoms. The summed E-state index contributed by atoms with van der Waals surface area (Å²) in [5.41, 5.74) is 3.25. The van der Waals surface area contributed by atoms with E-state index in [-0.39, 0.29) is 5.56 Å². The lowest BCUT2D eigenvalue weighted by Crippen LogP contribution is -1.97. The number of hydrogen-bond donors (Lipinski definition) is 1. The maximum Gasteiger partial charge on any atom is 0.337 e. The Kier molecular flexibility index (Phi) is 4.97. The fourth-order valence-electron chi connectivity index (χ4n) is 3.24. The first kappa shape index (κ1) is 19.3. The van der Waals surface area contributed by atoms with Crippen molar-refractivity contribution in [2.45, 2.75) is 0 Å². The van der Waals surface area contributed by atoms with Crippen LogP contribution < -0.4 is 14.2 Å². The molecule has 0 unspecified atom stereocenters. The Labute approximate surface area is 171 Å². The molecule has 0 atom stereocenters. The number of fused-ring (bicyclic) bond motifs is 1. The predicted molar refractivity (Wildman–Crippen MR) is 109 cm³/mol. The third-order valence-corrected chi connectivity index (χ3v) is 4.66. The van der Waals surface area contributed by atoms with Crippen LogP contribution in [-0.2, 0) is 0 Å². The van der Waals surface area contributed by atoms with E-state index in [0.717, 1.165) is 0 Å². The monoisotopic (exact) mass is 406 g/mol. The van der Waals surface area contributed by atoms with Gasteiger partial charge in [0.2, 0.25) is 5.75 Å². The molecule has 3 heterocycles. The Morgan fingerprint density at radius 3 is 2.33 bits per heavy atom. The van der Waals surface area contributed by atoms with Crippen molar-refractivity contribution in [2.24, 2.45) is 0 Å². The number of benzene rings is 1. The second kappa shape index (κ2) is 7.75. The van der Waals surface area contributed by atoms with Crippen LogP contribution in [0.25, 0.3) is 33.6 Å². The van der Waals surface area contributed by atoms with Gasteiger partial charge >= 0.3 is 5.97 Å². The molecule has 0 aliphatic heterocycles. The van der Waals surface area contributed by atoms with Crippen LogP contribution in [0.2, 0.25) is 0 Å². The molecule has 3 aromatic heterocycles. The van der Waals surface area contributed by atoms with Gasteiger partial charge in [0.25, 0.3) is 0 Å². The van der Waals surface area contributed by atoms with Crippen molar-refractivity contribution in [1.82, 2.24) is 9.97 Å². The molecule has 0 amide bonds. The van der Waals surface area contributed by atoms with Crippen LogP contribution >= 0.6 is 0 Å². The standard InChI is InChI=1S/C22H18N2O6/c1-27-18-7-12(8-19(28-2)21(18)29-3)17-9-16-20(30-17)15(4-5-24-16)13-6-14(22(25)26)11-23-10-13/h4-11H,1-3H3,(H,25,26). The van der Waals surface area contributed by atoms with Crippen molar-refractivity contribution < 1.29 is 28.5 Å². The topological polar surface area (TPSA) is 104 Å². The molecule has 0 saturated carbocycles. The summed E-state index contributed by atoms with van der Waals surface area (Å²) >= 11 is 0. The minimum absolute atomic E-state index is 0.0915. The Bertz CT molecular complexity index is 1220. The molecule has 0 bridgehead atoms. The zero-order valence-corrected chi connectivity index (χ0v) is 16.5. The van der Waals surface area contributed by atoms with Crippen molar-refractivity contribution >= 4 is 17.1 Å². The van der Waals surface area contributed by atoms with Gasteiger partial charge in [0.05, 0.1) is 26.9 Å². The average Bonchev–Trinajstić information content (AvgIpc) is 3.22. The predicted octanol–water partition coefficient (Wildman–Crippen LogP) is 4.28. The maximum atomic E-state index is 11.3. The largest absolute Gasteiger partial charge is 0.493 e. The van der Waals surface area contributed by atoms with Crippen LogP contribution in [0.5, 0.6) is 17.2 Å². The van der Waals surface area contributed by atoms with Gasteiger partial charge in [0.15, 0.2) is 17.1 Å². The molecule has 0 aliphatic rings. The van der Waals surface area contributed by atoms with Crippen molar-refractivity contribution in [2.75, 3.05) is 21.3 Å². The first-order chi connectivity index (χ1) is 14.5. The van der Waals surface area contributed by atoms with E-state index in [1.807, 2.05) is 0 Å². The van der Waals surface area contributed by atoms with E-state index in [4.69, 9.17) is 18.6 Å². The summed E-state index contributed by atoms with van der Waals surface area (Å²) in [5, 5.41) is 9.25. The lowest BCUT2D eigenvalue weighted by molar-refractivity contribution is 0.0696. The van der Waals surface area contributed by atoms with Gasteiger partial charge in [-0.3, -0.25) is 9.97 Å². The van der Waals surface area contributed by atoms with Crippen LogP contribution in [0.3, 0.4) is 0 Å². The third kappa shape index (κ3) is 3.28. The molecule has 0 fully saturated rings. The molecule has 4 rings (SSSR count). The summed E-state index contributed by atoms with van der Waals surface area (Å²) in [6.07, 6.45) is 4.52. The second-order valence-corrected chi connectivity index (χ2v) is 6.36. The van der Waals surface area contributed by atoms with Gasteiger partial charge in [0.1, 0.15) is 11.3 Å². The second-order valence-electron chi connectivity index (χ2n) is 6.36. The molecule has 152 valence electrons. The minimum atomic E-state index is -1.05. The van der Waals surface area contributed by atoms with Crippen LogP contribution in [0, 0.1) is 0 Å². The van der Waals surface area contributed by atoms with E-state index in [1.165, 1.54) is 13.3 Å². The summed E-state index contributed by atoms with van der Waals surface area (Å²) in [5.74, 6) is 0.978. The number of carboxylic acids is 1. The van der Waals surface area contributed by atoms with E-state index < -0.39 is 5.97 Å². The number of aromatic carboxylic acids is 1. The van der Waals surface area contributed by atoms with E-state index in [1.54, 1.807) is 56.9 Å². The third-order valence-electron chi connectivity index (χ3n) is 4.66. The highest BCUT2D eigenvalue weighted by atomic mass is 16.5. The van der Waals surface area contributed by atoms with E-state index in [9.17, 15) is 9.90 Å². The molecule has 1 N–H and O–H groups in total. The number of carbonyl (C=O) groups is 1.